The molecule has 7 nitrogen and oxygen atoms in total. The summed E-state index contributed by atoms with van der Waals surface area (Å²) < 4.78 is 10.5. The van der Waals surface area contributed by atoms with E-state index in [1.54, 1.807) is 25.2 Å². The van der Waals surface area contributed by atoms with Crippen LogP contribution in [-0.2, 0) is 9.59 Å². The lowest BCUT2D eigenvalue weighted by molar-refractivity contribution is -0.139. The van der Waals surface area contributed by atoms with Crippen LogP contribution >= 0.6 is 12.4 Å². The number of hydrogen-bond acceptors (Lipinski definition) is 5. The molecule has 2 rings (SSSR count). The standard InChI is InChI=1S/C12H14N2O5.ClH/c1-14-9-4-7(18-6-11(15)16)2-3-10(9)19-5-8(13)12(14)17;/h2-4,8H,5-6,13H2,1H3,(H,15,16);1H. The zero-order chi connectivity index (χ0) is 14.0. The van der Waals surface area contributed by atoms with Crippen LogP contribution < -0.4 is 20.1 Å². The molecule has 110 valence electrons. The van der Waals surface area contributed by atoms with Crippen molar-refractivity contribution >= 4 is 30.0 Å². The van der Waals surface area contributed by atoms with Gasteiger partial charge in [-0.2, -0.15) is 0 Å². The first kappa shape index (κ1) is 16.1. The van der Waals surface area contributed by atoms with Crippen LogP contribution in [0, 0.1) is 0 Å². The largest absolute Gasteiger partial charge is 0.489 e. The van der Waals surface area contributed by atoms with Gasteiger partial charge in [-0.1, -0.05) is 0 Å². The Morgan fingerprint density at radius 3 is 2.95 bits per heavy atom. The fourth-order valence-electron chi connectivity index (χ4n) is 1.73. The lowest BCUT2D eigenvalue weighted by Crippen LogP contribution is -2.43. The van der Waals surface area contributed by atoms with Crippen molar-refractivity contribution in [2.24, 2.45) is 5.73 Å². The number of anilines is 1. The molecule has 1 aromatic carbocycles. The van der Waals surface area contributed by atoms with Gasteiger partial charge < -0.3 is 25.2 Å². The van der Waals surface area contributed by atoms with Crippen LogP contribution in [0.25, 0.3) is 0 Å². The van der Waals surface area contributed by atoms with Gasteiger partial charge in [-0.15, -0.1) is 12.4 Å². The Morgan fingerprint density at radius 2 is 2.30 bits per heavy atom. The summed E-state index contributed by atoms with van der Waals surface area (Å²) in [6.07, 6.45) is 0. The van der Waals surface area contributed by atoms with Crippen LogP contribution in [0.2, 0.25) is 0 Å². The van der Waals surface area contributed by atoms with E-state index in [0.29, 0.717) is 17.2 Å². The first-order chi connectivity index (χ1) is 8.99. The topological polar surface area (TPSA) is 102 Å². The third-order valence-electron chi connectivity index (χ3n) is 2.72. The molecule has 8 heteroatoms. The van der Waals surface area contributed by atoms with Crippen LogP contribution in [0.5, 0.6) is 11.5 Å². The van der Waals surface area contributed by atoms with Gasteiger partial charge in [0.15, 0.2) is 6.61 Å². The lowest BCUT2D eigenvalue weighted by atomic mass is 10.2. The van der Waals surface area contributed by atoms with Crippen molar-refractivity contribution < 1.29 is 24.2 Å². The molecule has 0 bridgehead atoms. The first-order valence-corrected chi connectivity index (χ1v) is 5.63. The number of halogens is 1. The Bertz CT molecular complexity index is 523. The molecule has 1 aliphatic heterocycles. The molecule has 0 fully saturated rings. The third-order valence-corrected chi connectivity index (χ3v) is 2.72. The number of carboxylic acid groups (broad SMARTS) is 1. The molecule has 1 aliphatic rings. The summed E-state index contributed by atoms with van der Waals surface area (Å²) in [5, 5.41) is 8.56. The fraction of sp³-hybridized carbons (Fsp3) is 0.333. The van der Waals surface area contributed by atoms with Crippen molar-refractivity contribution in [3.05, 3.63) is 18.2 Å². The van der Waals surface area contributed by atoms with E-state index in [-0.39, 0.29) is 24.9 Å². The van der Waals surface area contributed by atoms with Gasteiger partial charge in [0.1, 0.15) is 24.1 Å². The van der Waals surface area contributed by atoms with Crippen LogP contribution in [0.1, 0.15) is 0 Å². The number of carbonyl (C=O) groups excluding carboxylic acids is 1. The molecule has 0 saturated heterocycles. The average Bonchev–Trinajstić information content (AvgIpc) is 2.49. The molecule has 1 aromatic rings. The minimum absolute atomic E-state index is 0. The monoisotopic (exact) mass is 302 g/mol. The van der Waals surface area contributed by atoms with Gasteiger partial charge >= 0.3 is 5.97 Å². The Morgan fingerprint density at radius 1 is 1.60 bits per heavy atom. The average molecular weight is 303 g/mol. The highest BCUT2D eigenvalue weighted by Gasteiger charge is 2.26. The maximum absolute atomic E-state index is 11.9. The van der Waals surface area contributed by atoms with E-state index in [2.05, 4.69) is 0 Å². The summed E-state index contributed by atoms with van der Waals surface area (Å²) in [5.74, 6) is -0.488. The zero-order valence-corrected chi connectivity index (χ0v) is 11.6. The summed E-state index contributed by atoms with van der Waals surface area (Å²) >= 11 is 0. The number of nitrogens with zero attached hydrogens (tertiary/aromatic N) is 1. The van der Waals surface area contributed by atoms with Crippen LogP contribution in [0.4, 0.5) is 5.69 Å². The molecule has 0 saturated carbocycles. The highest BCUT2D eigenvalue weighted by atomic mass is 35.5. The van der Waals surface area contributed by atoms with E-state index < -0.39 is 18.6 Å². The number of carbonyl (C=O) groups is 2. The van der Waals surface area contributed by atoms with Gasteiger partial charge in [-0.05, 0) is 12.1 Å². The highest BCUT2D eigenvalue weighted by Crippen LogP contribution is 2.33. The minimum atomic E-state index is -1.07. The molecule has 1 unspecified atom stereocenters. The van der Waals surface area contributed by atoms with Gasteiger partial charge in [0.05, 0.1) is 5.69 Å². The number of rotatable bonds is 3. The van der Waals surface area contributed by atoms with E-state index in [9.17, 15) is 9.59 Å². The van der Waals surface area contributed by atoms with Gasteiger partial charge in [0, 0.05) is 13.1 Å². The van der Waals surface area contributed by atoms with E-state index in [1.165, 1.54) is 4.90 Å². The number of ether oxygens (including phenoxy) is 2. The predicted octanol–water partition coefficient (Wildman–Crippen LogP) is 0.254. The van der Waals surface area contributed by atoms with E-state index in [0.717, 1.165) is 0 Å². The van der Waals surface area contributed by atoms with Crippen molar-refractivity contribution in [3.63, 3.8) is 0 Å². The van der Waals surface area contributed by atoms with Crippen molar-refractivity contribution in [1.82, 2.24) is 0 Å². The Hall–Kier alpha value is -1.99. The second-order valence-corrected chi connectivity index (χ2v) is 4.13. The smallest absolute Gasteiger partial charge is 0.341 e. The Kier molecular flexibility index (Phi) is 5.18. The number of nitrogens with two attached hydrogens (primary N) is 1. The summed E-state index contributed by atoms with van der Waals surface area (Å²) in [7, 11) is 1.58. The van der Waals surface area contributed by atoms with Crippen LogP contribution in [-0.4, -0.2) is 43.3 Å². The molecular weight excluding hydrogens is 288 g/mol. The first-order valence-electron chi connectivity index (χ1n) is 5.63. The van der Waals surface area contributed by atoms with Crippen molar-refractivity contribution in [1.29, 1.82) is 0 Å². The summed E-state index contributed by atoms with van der Waals surface area (Å²) in [5.41, 5.74) is 6.16. The highest BCUT2D eigenvalue weighted by molar-refractivity contribution is 5.98. The molecule has 20 heavy (non-hydrogen) atoms. The molecule has 0 aromatic heterocycles. The quantitative estimate of drug-likeness (QED) is 0.830. The van der Waals surface area contributed by atoms with Gasteiger partial charge in [-0.25, -0.2) is 4.79 Å². The lowest BCUT2D eigenvalue weighted by Gasteiger charge is -2.18. The second-order valence-electron chi connectivity index (χ2n) is 4.13. The normalized spacial score (nSPS) is 17.4. The number of hydrogen-bond donors (Lipinski definition) is 2. The molecule has 0 aliphatic carbocycles. The number of amides is 1. The van der Waals surface area contributed by atoms with Crippen molar-refractivity contribution in [2.75, 3.05) is 25.2 Å². The molecule has 3 N–H and O–H groups in total. The van der Waals surface area contributed by atoms with Gasteiger partial charge in [-0.3, -0.25) is 4.79 Å². The van der Waals surface area contributed by atoms with Gasteiger partial charge in [0.2, 0.25) is 5.91 Å². The number of aliphatic carboxylic acids is 1. The second kappa shape index (κ2) is 6.44. The molecule has 1 atom stereocenters. The Balaban J connectivity index is 0.00000200. The molecule has 1 amide bonds. The molecule has 0 spiro atoms. The number of likely N-dealkylation sites (N-methyl/N-ethyl adjacent to an activating group) is 1. The van der Waals surface area contributed by atoms with E-state index >= 15 is 0 Å². The maximum Gasteiger partial charge on any atom is 0.341 e. The third kappa shape index (κ3) is 3.31. The number of carboxylic acids is 1. The van der Waals surface area contributed by atoms with Crippen molar-refractivity contribution in [3.8, 4) is 11.5 Å². The van der Waals surface area contributed by atoms with Crippen LogP contribution in [0.15, 0.2) is 18.2 Å². The summed E-state index contributed by atoms with van der Waals surface area (Å²) in [6, 6.07) is 4.03. The van der Waals surface area contributed by atoms with Crippen LogP contribution in [0.3, 0.4) is 0 Å². The SMILES string of the molecule is CN1C(=O)C(N)COc2ccc(OCC(=O)O)cc21.Cl. The predicted molar refractivity (Wildman–Crippen MR) is 73.7 cm³/mol. The minimum Gasteiger partial charge on any atom is -0.489 e. The van der Waals surface area contributed by atoms with E-state index in [4.69, 9.17) is 20.3 Å². The van der Waals surface area contributed by atoms with E-state index in [1.807, 2.05) is 0 Å². The summed E-state index contributed by atoms with van der Waals surface area (Å²) in [6.45, 7) is -0.345. The fourth-order valence-corrected chi connectivity index (χ4v) is 1.73. The summed E-state index contributed by atoms with van der Waals surface area (Å²) in [4.78, 5) is 23.7. The molecule has 0 radical (unpaired) electrons. The van der Waals surface area contributed by atoms with Gasteiger partial charge in [0.25, 0.3) is 0 Å². The number of benzene rings is 1. The maximum atomic E-state index is 11.9. The molecular formula is C12H15ClN2O5. The molecule has 1 heterocycles. The Labute approximate surface area is 121 Å². The van der Waals surface area contributed by atoms with Crippen molar-refractivity contribution in [2.45, 2.75) is 6.04 Å². The zero-order valence-electron chi connectivity index (χ0n) is 10.7. The number of fused-ring (bicyclic) bond motifs is 1.